The topological polar surface area (TPSA) is 184 Å². The normalized spacial score (nSPS) is 10.4. The van der Waals surface area contributed by atoms with Gasteiger partial charge in [-0.05, 0) is 42.5 Å². The monoisotopic (exact) mass is 566 g/mol. The number of benzene rings is 2. The average molecular weight is 567 g/mol. The molecule has 14 nitrogen and oxygen atoms in total. The minimum absolute atomic E-state index is 0.0499. The first kappa shape index (κ1) is 27.7. The molecule has 2 aromatic heterocycles. The highest BCUT2D eigenvalue weighted by Crippen LogP contribution is 2.32. The van der Waals surface area contributed by atoms with Gasteiger partial charge in [0.1, 0.15) is 16.6 Å². The quantitative estimate of drug-likeness (QED) is 0.162. The zero-order valence-electron chi connectivity index (χ0n) is 21.3. The van der Waals surface area contributed by atoms with Gasteiger partial charge in [-0.3, -0.25) is 5.43 Å². The summed E-state index contributed by atoms with van der Waals surface area (Å²) in [5.41, 5.74) is 4.12. The second-order valence-corrected chi connectivity index (χ2v) is 8.28. The van der Waals surface area contributed by atoms with Crippen molar-refractivity contribution >= 4 is 58.4 Å². The van der Waals surface area contributed by atoms with Gasteiger partial charge in [-0.15, -0.1) is 0 Å². The number of rotatable bonds is 11. The number of carboxylic acid groups (broad SMARTS) is 2. The zero-order valence-corrected chi connectivity index (χ0v) is 22.1. The molecule has 0 saturated heterocycles. The maximum atomic E-state index is 11.4. The van der Waals surface area contributed by atoms with Crippen molar-refractivity contribution in [3.05, 3.63) is 71.0 Å². The molecule has 2 heterocycles. The van der Waals surface area contributed by atoms with Crippen molar-refractivity contribution in [3.63, 3.8) is 0 Å². The third-order valence-electron chi connectivity index (χ3n) is 5.43. The van der Waals surface area contributed by atoms with Gasteiger partial charge in [-0.2, -0.15) is 9.97 Å². The standard InChI is InChI=1S/C25H23ClN8O6/c1-27-20-16(26)11-29-25(32-20)34(15-7-4-13(5-8-15)22(35)36)33-21-19(40-3)12-28-24(31-21)30-17-9-6-14(23(37)38)10-18(17)39-2/h4-12H,1-3H3,(H,35,36)(H,37,38)(H,27,29,32)(H2,28,30,31,33). The first-order chi connectivity index (χ1) is 19.2. The van der Waals surface area contributed by atoms with Gasteiger partial charge in [0.05, 0.1) is 49.1 Å². The number of hydrogen-bond donors (Lipinski definition) is 5. The summed E-state index contributed by atoms with van der Waals surface area (Å²) in [7, 11) is 4.50. The van der Waals surface area contributed by atoms with E-state index in [4.69, 9.17) is 21.1 Å². The van der Waals surface area contributed by atoms with Crippen LogP contribution in [0.15, 0.2) is 54.9 Å². The van der Waals surface area contributed by atoms with E-state index in [1.165, 1.54) is 62.0 Å². The molecule has 0 unspecified atom stereocenters. The van der Waals surface area contributed by atoms with Crippen LogP contribution in [-0.2, 0) is 0 Å². The van der Waals surface area contributed by atoms with Crippen LogP contribution in [0.25, 0.3) is 0 Å². The van der Waals surface area contributed by atoms with Gasteiger partial charge in [-0.1, -0.05) is 11.6 Å². The van der Waals surface area contributed by atoms with Crippen LogP contribution in [0.4, 0.5) is 34.9 Å². The van der Waals surface area contributed by atoms with E-state index in [9.17, 15) is 19.8 Å². The summed E-state index contributed by atoms with van der Waals surface area (Å²) in [6.45, 7) is 0. The van der Waals surface area contributed by atoms with Gasteiger partial charge < -0.3 is 30.3 Å². The lowest BCUT2D eigenvalue weighted by molar-refractivity contribution is 0.0686. The number of carbonyl (C=O) groups is 2. The summed E-state index contributed by atoms with van der Waals surface area (Å²) in [5, 5.41) is 26.2. The number of ether oxygens (including phenoxy) is 2. The number of halogens is 1. The fourth-order valence-corrected chi connectivity index (χ4v) is 3.62. The highest BCUT2D eigenvalue weighted by Gasteiger charge is 2.20. The average Bonchev–Trinajstić information content (AvgIpc) is 2.96. The van der Waals surface area contributed by atoms with Crippen molar-refractivity contribution in [2.45, 2.75) is 0 Å². The van der Waals surface area contributed by atoms with Crippen LogP contribution in [0.5, 0.6) is 11.5 Å². The van der Waals surface area contributed by atoms with E-state index in [2.05, 4.69) is 36.0 Å². The van der Waals surface area contributed by atoms with Crippen LogP contribution in [0.1, 0.15) is 20.7 Å². The Hall–Kier alpha value is -5.37. The molecule has 4 rings (SSSR count). The Kier molecular flexibility index (Phi) is 8.30. The molecule has 0 amide bonds. The predicted molar refractivity (Wildman–Crippen MR) is 148 cm³/mol. The second-order valence-electron chi connectivity index (χ2n) is 7.87. The molecule has 0 aliphatic carbocycles. The van der Waals surface area contributed by atoms with E-state index in [0.29, 0.717) is 22.2 Å². The van der Waals surface area contributed by atoms with Gasteiger partial charge in [0.2, 0.25) is 5.95 Å². The summed E-state index contributed by atoms with van der Waals surface area (Å²) >= 11 is 6.18. The molecule has 0 fully saturated rings. The fraction of sp³-hybridized carbons (Fsp3) is 0.120. The minimum atomic E-state index is -1.10. The number of aromatic nitrogens is 4. The van der Waals surface area contributed by atoms with E-state index in [-0.39, 0.29) is 40.3 Å². The summed E-state index contributed by atoms with van der Waals surface area (Å²) < 4.78 is 10.8. The Morgan fingerprint density at radius 1 is 0.875 bits per heavy atom. The van der Waals surface area contributed by atoms with Crippen molar-refractivity contribution in [2.75, 3.05) is 42.3 Å². The molecule has 0 atom stereocenters. The van der Waals surface area contributed by atoms with Crippen LogP contribution in [0, 0.1) is 0 Å². The Morgan fingerprint density at radius 2 is 1.55 bits per heavy atom. The Morgan fingerprint density at radius 3 is 2.17 bits per heavy atom. The molecule has 0 bridgehead atoms. The third kappa shape index (κ3) is 6.02. The molecule has 0 aliphatic rings. The van der Waals surface area contributed by atoms with Crippen molar-refractivity contribution in [2.24, 2.45) is 0 Å². The summed E-state index contributed by atoms with van der Waals surface area (Å²) in [4.78, 5) is 40.2. The highest BCUT2D eigenvalue weighted by molar-refractivity contribution is 6.32. The van der Waals surface area contributed by atoms with Crippen molar-refractivity contribution < 1.29 is 29.3 Å². The van der Waals surface area contributed by atoms with Gasteiger partial charge in [0.15, 0.2) is 11.6 Å². The number of aromatic carboxylic acids is 2. The van der Waals surface area contributed by atoms with Crippen LogP contribution in [0.2, 0.25) is 5.02 Å². The van der Waals surface area contributed by atoms with Crippen molar-refractivity contribution in [1.82, 2.24) is 19.9 Å². The first-order valence-corrected chi connectivity index (χ1v) is 11.8. The largest absolute Gasteiger partial charge is 0.495 e. The summed E-state index contributed by atoms with van der Waals surface area (Å²) in [6, 6.07) is 10.3. The fourth-order valence-electron chi connectivity index (χ4n) is 3.44. The molecular weight excluding hydrogens is 544 g/mol. The SMILES string of the molecule is CNc1nc(N(Nc2nc(Nc3ccc(C(=O)O)cc3OC)ncc2OC)c2ccc(C(=O)O)cc2)ncc1Cl. The van der Waals surface area contributed by atoms with E-state index in [1.807, 2.05) is 0 Å². The Labute approximate surface area is 232 Å². The molecule has 15 heteroatoms. The molecule has 206 valence electrons. The van der Waals surface area contributed by atoms with Crippen molar-refractivity contribution in [1.29, 1.82) is 0 Å². The molecule has 0 saturated carbocycles. The minimum Gasteiger partial charge on any atom is -0.495 e. The Bertz CT molecular complexity index is 1550. The smallest absolute Gasteiger partial charge is 0.335 e. The van der Waals surface area contributed by atoms with Gasteiger partial charge in [0, 0.05) is 7.05 Å². The molecule has 5 N–H and O–H groups in total. The van der Waals surface area contributed by atoms with E-state index in [1.54, 1.807) is 19.2 Å². The molecule has 2 aromatic carbocycles. The molecule has 0 spiro atoms. The second kappa shape index (κ2) is 12.0. The van der Waals surface area contributed by atoms with E-state index < -0.39 is 11.9 Å². The van der Waals surface area contributed by atoms with Crippen LogP contribution in [-0.4, -0.2) is 63.4 Å². The predicted octanol–water partition coefficient (Wildman–Crippen LogP) is 4.28. The number of hydrogen-bond acceptors (Lipinski definition) is 12. The number of anilines is 6. The van der Waals surface area contributed by atoms with E-state index in [0.717, 1.165) is 0 Å². The van der Waals surface area contributed by atoms with Crippen LogP contribution < -0.4 is 30.5 Å². The lowest BCUT2D eigenvalue weighted by Crippen LogP contribution is -2.28. The number of methoxy groups -OCH3 is 2. The summed E-state index contributed by atoms with van der Waals surface area (Å²) in [6.07, 6.45) is 2.83. The number of carboxylic acids is 2. The molecule has 40 heavy (non-hydrogen) atoms. The zero-order chi connectivity index (χ0) is 28.8. The first-order valence-electron chi connectivity index (χ1n) is 11.4. The number of nitrogens with one attached hydrogen (secondary N) is 3. The number of nitrogens with zero attached hydrogens (tertiary/aromatic N) is 5. The van der Waals surface area contributed by atoms with Gasteiger partial charge in [0.25, 0.3) is 5.95 Å². The summed E-state index contributed by atoms with van der Waals surface area (Å²) in [5.74, 6) is -0.832. The van der Waals surface area contributed by atoms with Gasteiger partial charge >= 0.3 is 11.9 Å². The molecule has 0 aliphatic heterocycles. The maximum absolute atomic E-state index is 11.4. The number of hydrazine groups is 1. The van der Waals surface area contributed by atoms with Crippen LogP contribution in [0.3, 0.4) is 0 Å². The van der Waals surface area contributed by atoms with Crippen molar-refractivity contribution in [3.8, 4) is 11.5 Å². The van der Waals surface area contributed by atoms with Crippen LogP contribution >= 0.6 is 11.6 Å². The molecular formula is C25H23ClN8O6. The van der Waals surface area contributed by atoms with Gasteiger partial charge in [-0.25, -0.2) is 24.6 Å². The van der Waals surface area contributed by atoms with E-state index >= 15 is 0 Å². The Balaban J connectivity index is 1.74. The highest BCUT2D eigenvalue weighted by atomic mass is 35.5. The maximum Gasteiger partial charge on any atom is 0.335 e. The third-order valence-corrected chi connectivity index (χ3v) is 5.70. The lowest BCUT2D eigenvalue weighted by Gasteiger charge is -2.25. The molecule has 0 radical (unpaired) electrons. The molecule has 4 aromatic rings. The lowest BCUT2D eigenvalue weighted by atomic mass is 10.2.